The third kappa shape index (κ3) is 1.56. The van der Waals surface area contributed by atoms with E-state index >= 15 is 0 Å². The standard InChI is InChI=1S/C7H3F5O/c8-2-1-3(9)7(13)6(12)5(11)4(2)10/h1-2,13H. The Labute approximate surface area is 69.5 Å². The minimum Gasteiger partial charge on any atom is -0.503 e. The van der Waals surface area contributed by atoms with Crippen LogP contribution in [0.25, 0.3) is 0 Å². The van der Waals surface area contributed by atoms with Gasteiger partial charge in [-0.3, -0.25) is 0 Å². The van der Waals surface area contributed by atoms with E-state index in [2.05, 4.69) is 0 Å². The monoisotopic (exact) mass is 198 g/mol. The van der Waals surface area contributed by atoms with Gasteiger partial charge in [-0.15, -0.1) is 0 Å². The largest absolute Gasteiger partial charge is 0.503 e. The maximum atomic E-state index is 12.4. The van der Waals surface area contributed by atoms with E-state index < -0.39 is 35.2 Å². The molecule has 0 fully saturated rings. The number of rotatable bonds is 0. The average Bonchev–Trinajstić information content (AvgIpc) is 2.15. The zero-order chi connectivity index (χ0) is 10.2. The predicted molar refractivity (Wildman–Crippen MR) is 34.1 cm³/mol. The highest BCUT2D eigenvalue weighted by Crippen LogP contribution is 2.32. The molecule has 0 bridgehead atoms. The van der Waals surface area contributed by atoms with Gasteiger partial charge in [-0.05, 0) is 6.08 Å². The van der Waals surface area contributed by atoms with Gasteiger partial charge in [0, 0.05) is 0 Å². The van der Waals surface area contributed by atoms with Gasteiger partial charge in [-0.25, -0.2) is 17.6 Å². The minimum atomic E-state index is -2.73. The fourth-order valence-electron chi connectivity index (χ4n) is 0.715. The summed E-state index contributed by atoms with van der Waals surface area (Å²) < 4.78 is 61.9. The highest BCUT2D eigenvalue weighted by atomic mass is 19.2. The molecule has 0 saturated carbocycles. The molecule has 13 heavy (non-hydrogen) atoms. The molecule has 0 aliphatic heterocycles. The van der Waals surface area contributed by atoms with Gasteiger partial charge in [0.25, 0.3) is 0 Å². The Morgan fingerprint density at radius 3 is 2.15 bits per heavy atom. The van der Waals surface area contributed by atoms with Crippen molar-refractivity contribution in [3.63, 3.8) is 0 Å². The lowest BCUT2D eigenvalue weighted by Gasteiger charge is -1.96. The summed E-state index contributed by atoms with van der Waals surface area (Å²) in [5, 5.41) is 8.49. The zero-order valence-electron chi connectivity index (χ0n) is 5.99. The van der Waals surface area contributed by atoms with Crippen LogP contribution in [0.2, 0.25) is 0 Å². The van der Waals surface area contributed by atoms with Gasteiger partial charge in [-0.1, -0.05) is 0 Å². The summed E-state index contributed by atoms with van der Waals surface area (Å²) >= 11 is 0. The first-order valence-corrected chi connectivity index (χ1v) is 3.11. The van der Waals surface area contributed by atoms with Crippen molar-refractivity contribution in [2.75, 3.05) is 0 Å². The van der Waals surface area contributed by atoms with E-state index in [-0.39, 0.29) is 6.08 Å². The summed E-state index contributed by atoms with van der Waals surface area (Å²) in [7, 11) is 0. The number of hydrogen-bond acceptors (Lipinski definition) is 1. The lowest BCUT2D eigenvalue weighted by Crippen LogP contribution is -1.97. The lowest BCUT2D eigenvalue weighted by atomic mass is 10.3. The van der Waals surface area contributed by atoms with Gasteiger partial charge in [0.15, 0.2) is 29.4 Å². The first-order chi connectivity index (χ1) is 5.95. The third-order valence-electron chi connectivity index (χ3n) is 1.37. The summed E-state index contributed by atoms with van der Waals surface area (Å²) in [6.45, 7) is 0. The number of aliphatic hydroxyl groups is 1. The highest BCUT2D eigenvalue weighted by molar-refractivity contribution is 5.38. The van der Waals surface area contributed by atoms with Gasteiger partial charge in [0.1, 0.15) is 0 Å². The van der Waals surface area contributed by atoms with Crippen LogP contribution in [0.15, 0.2) is 35.1 Å². The average molecular weight is 198 g/mol. The molecule has 1 rings (SSSR count). The molecule has 1 nitrogen and oxygen atoms in total. The third-order valence-corrected chi connectivity index (χ3v) is 1.37. The summed E-state index contributed by atoms with van der Waals surface area (Å²) in [4.78, 5) is 0. The first kappa shape index (κ1) is 9.76. The Balaban J connectivity index is 3.32. The summed E-state index contributed by atoms with van der Waals surface area (Å²) in [6, 6.07) is 0. The normalized spacial score (nSPS) is 24.7. The van der Waals surface area contributed by atoms with Gasteiger partial charge >= 0.3 is 0 Å². The number of hydrogen-bond donors (Lipinski definition) is 1. The van der Waals surface area contributed by atoms with Crippen LogP contribution >= 0.6 is 0 Å². The van der Waals surface area contributed by atoms with Crippen LogP contribution in [0, 0.1) is 0 Å². The van der Waals surface area contributed by atoms with E-state index in [0.717, 1.165) is 0 Å². The predicted octanol–water partition coefficient (Wildman–Crippen LogP) is 3.08. The molecule has 1 atom stereocenters. The SMILES string of the molecule is OC1=C(F)C(F)=C(F)C(F)C=C1F. The van der Waals surface area contributed by atoms with Crippen molar-refractivity contribution < 1.29 is 27.1 Å². The molecule has 6 heteroatoms. The molecule has 1 aliphatic rings. The van der Waals surface area contributed by atoms with Crippen LogP contribution in [-0.4, -0.2) is 11.3 Å². The van der Waals surface area contributed by atoms with Crippen LogP contribution < -0.4 is 0 Å². The number of halogens is 5. The molecule has 0 aromatic heterocycles. The quantitative estimate of drug-likeness (QED) is 0.593. The van der Waals surface area contributed by atoms with Gasteiger partial charge in [0.2, 0.25) is 5.83 Å². The van der Waals surface area contributed by atoms with Gasteiger partial charge in [0.05, 0.1) is 0 Å². The van der Waals surface area contributed by atoms with Crippen LogP contribution in [0.3, 0.4) is 0 Å². The molecule has 0 aromatic rings. The van der Waals surface area contributed by atoms with E-state index in [1.807, 2.05) is 0 Å². The van der Waals surface area contributed by atoms with Crippen molar-refractivity contribution in [3.8, 4) is 0 Å². The summed E-state index contributed by atoms with van der Waals surface area (Å²) in [5.41, 5.74) is 0. The van der Waals surface area contributed by atoms with Crippen LogP contribution in [0.1, 0.15) is 0 Å². The zero-order valence-corrected chi connectivity index (χ0v) is 5.99. The summed E-state index contributed by atoms with van der Waals surface area (Å²) in [6.07, 6.45) is -2.80. The Morgan fingerprint density at radius 2 is 1.62 bits per heavy atom. The topological polar surface area (TPSA) is 20.2 Å². The van der Waals surface area contributed by atoms with E-state index in [0.29, 0.717) is 0 Å². The lowest BCUT2D eigenvalue weighted by molar-refractivity contribution is 0.354. The number of aliphatic hydroxyl groups excluding tert-OH is 1. The molecule has 0 heterocycles. The molecular weight excluding hydrogens is 195 g/mol. The van der Waals surface area contributed by atoms with Crippen molar-refractivity contribution in [2.24, 2.45) is 0 Å². The van der Waals surface area contributed by atoms with Crippen LogP contribution in [-0.2, 0) is 0 Å². The van der Waals surface area contributed by atoms with Crippen molar-refractivity contribution in [1.82, 2.24) is 0 Å². The second kappa shape index (κ2) is 3.20. The molecule has 0 radical (unpaired) electrons. The molecule has 0 aromatic carbocycles. The molecule has 72 valence electrons. The second-order valence-corrected chi connectivity index (χ2v) is 2.24. The van der Waals surface area contributed by atoms with E-state index in [1.54, 1.807) is 0 Å². The molecule has 1 unspecified atom stereocenters. The fraction of sp³-hybridized carbons (Fsp3) is 0.143. The Hall–Kier alpha value is -1.33. The smallest absolute Gasteiger partial charge is 0.206 e. The minimum absolute atomic E-state index is 0.0726. The summed E-state index contributed by atoms with van der Waals surface area (Å²) in [5.74, 6) is -9.96. The maximum absolute atomic E-state index is 12.4. The molecule has 0 amide bonds. The molecule has 0 saturated heterocycles. The number of allylic oxidation sites excluding steroid dienone is 5. The van der Waals surface area contributed by atoms with Crippen molar-refractivity contribution >= 4 is 0 Å². The molecule has 1 aliphatic carbocycles. The maximum Gasteiger partial charge on any atom is 0.206 e. The number of alkyl halides is 1. The van der Waals surface area contributed by atoms with E-state index in [1.165, 1.54) is 0 Å². The Kier molecular flexibility index (Phi) is 2.40. The highest BCUT2D eigenvalue weighted by Gasteiger charge is 2.28. The van der Waals surface area contributed by atoms with E-state index in [9.17, 15) is 22.0 Å². The van der Waals surface area contributed by atoms with E-state index in [4.69, 9.17) is 5.11 Å². The van der Waals surface area contributed by atoms with Crippen molar-refractivity contribution in [2.45, 2.75) is 6.17 Å². The molecular formula is C7H3F5O. The first-order valence-electron chi connectivity index (χ1n) is 3.11. The molecule has 0 spiro atoms. The Morgan fingerprint density at radius 1 is 1.08 bits per heavy atom. The molecule has 1 N–H and O–H groups in total. The van der Waals surface area contributed by atoms with Gasteiger partial charge < -0.3 is 5.11 Å². The Bertz CT molecular complexity index is 328. The van der Waals surface area contributed by atoms with Crippen LogP contribution in [0.4, 0.5) is 22.0 Å². The second-order valence-electron chi connectivity index (χ2n) is 2.24. The fourth-order valence-corrected chi connectivity index (χ4v) is 0.715. The van der Waals surface area contributed by atoms with Crippen LogP contribution in [0.5, 0.6) is 0 Å². The van der Waals surface area contributed by atoms with Gasteiger partial charge in [-0.2, -0.15) is 4.39 Å². The van der Waals surface area contributed by atoms with Crippen molar-refractivity contribution in [3.05, 3.63) is 35.1 Å². The van der Waals surface area contributed by atoms with Crippen molar-refractivity contribution in [1.29, 1.82) is 0 Å².